The number of rotatable bonds is 3. The molecule has 13 heavy (non-hydrogen) atoms. The zero-order chi connectivity index (χ0) is 9.84. The first-order valence-electron chi connectivity index (χ1n) is 4.02. The molecule has 1 unspecified atom stereocenters. The molecule has 70 valence electrons. The number of phenols is 1. The van der Waals surface area contributed by atoms with Gasteiger partial charge in [-0.3, -0.25) is 4.79 Å². The van der Waals surface area contributed by atoms with Gasteiger partial charge in [0.25, 0.3) is 0 Å². The Morgan fingerprint density at radius 1 is 1.46 bits per heavy atom. The highest BCUT2D eigenvalue weighted by Gasteiger charge is 2.09. The smallest absolute Gasteiger partial charge is 0.143 e. The van der Waals surface area contributed by atoms with E-state index in [0.717, 1.165) is 5.56 Å². The fourth-order valence-electron chi connectivity index (χ4n) is 0.983. The second-order valence-electron chi connectivity index (χ2n) is 2.95. The molecule has 0 saturated carbocycles. The zero-order valence-electron chi connectivity index (χ0n) is 7.33. The lowest BCUT2D eigenvalue weighted by atomic mass is 10.1. The molecule has 0 aliphatic heterocycles. The predicted molar refractivity (Wildman–Crippen MR) is 55.2 cm³/mol. The van der Waals surface area contributed by atoms with Crippen molar-refractivity contribution in [3.8, 4) is 5.75 Å². The van der Waals surface area contributed by atoms with Crippen LogP contribution in [0, 0.1) is 0 Å². The molecule has 1 N–H and O–H groups in total. The van der Waals surface area contributed by atoms with E-state index in [2.05, 4.69) is 15.9 Å². The lowest BCUT2D eigenvalue weighted by Gasteiger charge is -2.05. The van der Waals surface area contributed by atoms with Gasteiger partial charge in [0.05, 0.1) is 4.83 Å². The lowest BCUT2D eigenvalue weighted by molar-refractivity contribution is -0.116. The molecule has 1 aromatic carbocycles. The third-order valence-corrected chi connectivity index (χ3v) is 2.76. The minimum Gasteiger partial charge on any atom is -0.508 e. The standard InChI is InChI=1S/C10H11BrO2/c1-7(12)10(11)6-8-2-4-9(13)5-3-8/h2-5,10,13H,6H2,1H3. The minimum atomic E-state index is -0.128. The molecule has 2 nitrogen and oxygen atoms in total. The van der Waals surface area contributed by atoms with Crippen LogP contribution in [0.1, 0.15) is 12.5 Å². The van der Waals surface area contributed by atoms with E-state index in [9.17, 15) is 4.79 Å². The first-order valence-corrected chi connectivity index (χ1v) is 4.93. The number of benzene rings is 1. The number of alkyl halides is 1. The van der Waals surface area contributed by atoms with Crippen LogP contribution in [0.3, 0.4) is 0 Å². The summed E-state index contributed by atoms with van der Waals surface area (Å²) in [6, 6.07) is 6.86. The summed E-state index contributed by atoms with van der Waals surface area (Å²) in [6.45, 7) is 1.56. The molecule has 0 bridgehead atoms. The highest BCUT2D eigenvalue weighted by atomic mass is 79.9. The van der Waals surface area contributed by atoms with Crippen molar-refractivity contribution in [3.05, 3.63) is 29.8 Å². The van der Waals surface area contributed by atoms with Gasteiger partial charge < -0.3 is 5.11 Å². The molecule has 1 atom stereocenters. The Bertz CT molecular complexity index is 292. The molecule has 1 rings (SSSR count). The van der Waals surface area contributed by atoms with Crippen LogP contribution < -0.4 is 0 Å². The summed E-state index contributed by atoms with van der Waals surface area (Å²) >= 11 is 3.29. The van der Waals surface area contributed by atoms with Gasteiger partial charge in [-0.05, 0) is 31.0 Å². The molecule has 0 heterocycles. The fourth-order valence-corrected chi connectivity index (χ4v) is 1.36. The summed E-state index contributed by atoms with van der Waals surface area (Å²) in [6.07, 6.45) is 0.662. The van der Waals surface area contributed by atoms with Crippen LogP contribution in [0.4, 0.5) is 0 Å². The van der Waals surface area contributed by atoms with Crippen LogP contribution in [0.15, 0.2) is 24.3 Å². The van der Waals surface area contributed by atoms with E-state index in [1.807, 2.05) is 12.1 Å². The molecular weight excluding hydrogens is 232 g/mol. The van der Waals surface area contributed by atoms with Gasteiger partial charge in [-0.2, -0.15) is 0 Å². The zero-order valence-corrected chi connectivity index (χ0v) is 8.91. The van der Waals surface area contributed by atoms with Crippen molar-refractivity contribution >= 4 is 21.7 Å². The summed E-state index contributed by atoms with van der Waals surface area (Å²) in [5.74, 6) is 0.366. The molecule has 1 aromatic rings. The molecule has 0 saturated heterocycles. The van der Waals surface area contributed by atoms with Gasteiger partial charge >= 0.3 is 0 Å². The van der Waals surface area contributed by atoms with E-state index in [1.54, 1.807) is 19.1 Å². The van der Waals surface area contributed by atoms with Gasteiger partial charge in [0.2, 0.25) is 0 Å². The van der Waals surface area contributed by atoms with E-state index in [-0.39, 0.29) is 16.4 Å². The van der Waals surface area contributed by atoms with Crippen LogP contribution in [0.25, 0.3) is 0 Å². The van der Waals surface area contributed by atoms with Crippen LogP contribution in [0.2, 0.25) is 0 Å². The van der Waals surface area contributed by atoms with Gasteiger partial charge in [-0.1, -0.05) is 28.1 Å². The fraction of sp³-hybridized carbons (Fsp3) is 0.300. The Kier molecular flexibility index (Phi) is 3.48. The maximum atomic E-state index is 10.9. The van der Waals surface area contributed by atoms with Gasteiger partial charge in [-0.15, -0.1) is 0 Å². The Labute approximate surface area is 85.7 Å². The highest BCUT2D eigenvalue weighted by molar-refractivity contribution is 9.10. The summed E-state index contributed by atoms with van der Waals surface area (Å²) < 4.78 is 0. The van der Waals surface area contributed by atoms with Gasteiger partial charge in [0, 0.05) is 0 Å². The van der Waals surface area contributed by atoms with E-state index in [1.165, 1.54) is 0 Å². The Hall–Kier alpha value is -0.830. The Morgan fingerprint density at radius 2 is 2.00 bits per heavy atom. The van der Waals surface area contributed by atoms with Crippen LogP contribution in [-0.2, 0) is 11.2 Å². The molecule has 0 fully saturated rings. The van der Waals surface area contributed by atoms with Crippen molar-refractivity contribution in [2.24, 2.45) is 0 Å². The number of phenolic OH excluding ortho intramolecular Hbond substituents is 1. The molecule has 0 aromatic heterocycles. The quantitative estimate of drug-likeness (QED) is 0.827. The van der Waals surface area contributed by atoms with E-state index in [4.69, 9.17) is 5.11 Å². The Balaban J connectivity index is 2.64. The molecular formula is C10H11BrO2. The summed E-state index contributed by atoms with van der Waals surface area (Å²) in [5, 5.41) is 9.02. The third-order valence-electron chi connectivity index (χ3n) is 1.79. The van der Waals surface area contributed by atoms with E-state index < -0.39 is 0 Å². The largest absolute Gasteiger partial charge is 0.508 e. The second kappa shape index (κ2) is 4.42. The van der Waals surface area contributed by atoms with Crippen molar-refractivity contribution in [3.63, 3.8) is 0 Å². The van der Waals surface area contributed by atoms with Gasteiger partial charge in [-0.25, -0.2) is 0 Å². The molecule has 0 aliphatic rings. The van der Waals surface area contributed by atoms with Crippen molar-refractivity contribution in [1.29, 1.82) is 0 Å². The van der Waals surface area contributed by atoms with Crippen LogP contribution in [0.5, 0.6) is 5.75 Å². The number of halogens is 1. The number of carbonyl (C=O) groups excluding carboxylic acids is 1. The maximum absolute atomic E-state index is 10.9. The number of hydrogen-bond acceptors (Lipinski definition) is 2. The van der Waals surface area contributed by atoms with E-state index >= 15 is 0 Å². The van der Waals surface area contributed by atoms with Crippen molar-refractivity contribution in [2.45, 2.75) is 18.2 Å². The Morgan fingerprint density at radius 3 is 2.46 bits per heavy atom. The third kappa shape index (κ3) is 3.19. The first-order chi connectivity index (χ1) is 6.09. The van der Waals surface area contributed by atoms with Crippen LogP contribution in [-0.4, -0.2) is 15.7 Å². The minimum absolute atomic E-state index is 0.119. The monoisotopic (exact) mass is 242 g/mol. The lowest BCUT2D eigenvalue weighted by Crippen LogP contribution is -2.12. The summed E-state index contributed by atoms with van der Waals surface area (Å²) in [4.78, 5) is 10.8. The van der Waals surface area contributed by atoms with Gasteiger partial charge in [0.15, 0.2) is 0 Å². The second-order valence-corrected chi connectivity index (χ2v) is 4.05. The number of aromatic hydroxyl groups is 1. The molecule has 0 aliphatic carbocycles. The van der Waals surface area contributed by atoms with E-state index in [0.29, 0.717) is 6.42 Å². The average molecular weight is 243 g/mol. The molecule has 0 spiro atoms. The van der Waals surface area contributed by atoms with Crippen molar-refractivity contribution in [2.75, 3.05) is 0 Å². The molecule has 0 amide bonds. The normalized spacial score (nSPS) is 12.5. The number of Topliss-reactive ketones (excluding diaryl/α,β-unsaturated/α-hetero) is 1. The summed E-state index contributed by atoms with van der Waals surface area (Å²) in [5.41, 5.74) is 1.04. The number of carbonyl (C=O) groups is 1. The average Bonchev–Trinajstić information content (AvgIpc) is 2.08. The number of ketones is 1. The topological polar surface area (TPSA) is 37.3 Å². The SMILES string of the molecule is CC(=O)C(Br)Cc1ccc(O)cc1. The molecule has 0 radical (unpaired) electrons. The number of hydrogen-bond donors (Lipinski definition) is 1. The van der Waals surface area contributed by atoms with Crippen molar-refractivity contribution < 1.29 is 9.90 Å². The highest BCUT2D eigenvalue weighted by Crippen LogP contribution is 2.14. The first kappa shape index (κ1) is 10.3. The predicted octanol–water partition coefficient (Wildman–Crippen LogP) is 2.29. The maximum Gasteiger partial charge on any atom is 0.143 e. The summed E-state index contributed by atoms with van der Waals surface area (Å²) in [7, 11) is 0. The van der Waals surface area contributed by atoms with Crippen LogP contribution >= 0.6 is 15.9 Å². The van der Waals surface area contributed by atoms with Gasteiger partial charge in [0.1, 0.15) is 11.5 Å². The van der Waals surface area contributed by atoms with Crippen molar-refractivity contribution in [1.82, 2.24) is 0 Å². The molecule has 3 heteroatoms.